The minimum absolute atomic E-state index is 0. The molecule has 0 fully saturated rings. The van der Waals surface area contributed by atoms with Gasteiger partial charge in [-0.15, -0.1) is 0 Å². The average Bonchev–Trinajstić information content (AvgIpc) is 0.918. The quantitative estimate of drug-likeness (QED) is 0.0117. The number of nitrogens with two attached hydrogens (primary N) is 2. The summed E-state index contributed by atoms with van der Waals surface area (Å²) in [6.07, 6.45) is 5.72. The Bertz CT molecular complexity index is 2440. The first-order valence-corrected chi connectivity index (χ1v) is 50.3. The van der Waals surface area contributed by atoms with E-state index in [-0.39, 0.29) is 155 Å². The fourth-order valence-corrected chi connectivity index (χ4v) is 15.0. The number of hydrogen-bond acceptors (Lipinski definition) is 33. The second-order valence-corrected chi connectivity index (χ2v) is 39.2. The van der Waals surface area contributed by atoms with E-state index in [1.54, 1.807) is 0 Å². The molecule has 37 heteroatoms. The Morgan fingerprint density at radius 2 is 0.608 bits per heavy atom. The Morgan fingerprint density at radius 3 is 0.896 bits per heavy atom. The van der Waals surface area contributed by atoms with Crippen LogP contribution in [0.4, 0.5) is 9.59 Å². The predicted molar refractivity (Wildman–Crippen MR) is 515 cm³/mol. The number of hydrogen-bond donors (Lipinski definition) is 11. The largest absolute Gasteiger partial charge is 0.466 e. The van der Waals surface area contributed by atoms with Gasteiger partial charge in [-0.05, 0) is 181 Å². The number of alkyl carbamates (subject to hydrolysis) is 2. The van der Waals surface area contributed by atoms with Crippen LogP contribution in [0.3, 0.4) is 0 Å². The number of thioether (sulfide) groups is 4. The van der Waals surface area contributed by atoms with Crippen molar-refractivity contribution in [1.82, 2.24) is 46.2 Å². The van der Waals surface area contributed by atoms with Crippen molar-refractivity contribution < 1.29 is 128 Å². The number of rotatable bonds is 78. The summed E-state index contributed by atoms with van der Waals surface area (Å²) < 4.78 is 42.1. The molecule has 0 aliphatic rings. The summed E-state index contributed by atoms with van der Waals surface area (Å²) in [5, 5.41) is 56.1. The van der Waals surface area contributed by atoms with E-state index in [1.807, 2.05) is 13.8 Å². The number of carbonyl (C=O) groups is 8. The second kappa shape index (κ2) is 88.3. The smallest absolute Gasteiger partial charge is 0.407 e. The number of ether oxygens (including phenoxy) is 8. The van der Waals surface area contributed by atoms with Crippen LogP contribution in [0.2, 0.25) is 0 Å². The van der Waals surface area contributed by atoms with Crippen LogP contribution in [-0.4, -0.2) is 352 Å². The maximum absolute atomic E-state index is 12.3. The number of aliphatic hydroxyl groups excluding tert-OH is 4. The van der Waals surface area contributed by atoms with Crippen molar-refractivity contribution in [2.24, 2.45) is 28.7 Å². The molecule has 740 valence electrons. The summed E-state index contributed by atoms with van der Waals surface area (Å²) in [5.74, 6) is 4.05. The normalized spacial score (nSPS) is 12.6. The molecule has 0 aromatic heterocycles. The van der Waals surface area contributed by atoms with E-state index in [1.165, 1.54) is 59.9 Å². The third-order valence-corrected chi connectivity index (χ3v) is 22.9. The van der Waals surface area contributed by atoms with Crippen LogP contribution in [0.25, 0.3) is 0 Å². The topological polar surface area (TPSA) is 416 Å². The monoisotopic (exact) mass is 2110 g/mol. The Labute approximate surface area is 799 Å². The molecule has 2 amide bonds. The number of aliphatic hydroxyl groups is 4. The van der Waals surface area contributed by atoms with Crippen LogP contribution in [0.15, 0.2) is 0 Å². The fourth-order valence-electron chi connectivity index (χ4n) is 11.2. The van der Waals surface area contributed by atoms with Crippen LogP contribution in [0.1, 0.15) is 234 Å². The molecule has 0 saturated carbocycles. The first-order chi connectivity index (χ1) is 58.3. The van der Waals surface area contributed by atoms with Crippen LogP contribution >= 0.6 is 56.9 Å². The van der Waals surface area contributed by atoms with Gasteiger partial charge in [0.2, 0.25) is 0 Å². The molecule has 0 aromatic carbocycles. The van der Waals surface area contributed by atoms with Gasteiger partial charge < -0.3 is 106 Å². The number of carbonyl (C=O) groups excluding carboxylic acids is 8. The molecule has 0 aliphatic carbocycles. The molecule has 125 heavy (non-hydrogen) atoms. The van der Waals surface area contributed by atoms with Crippen LogP contribution in [0, 0.1) is 48.4 Å². The summed E-state index contributed by atoms with van der Waals surface area (Å²) in [6, 6.07) is 2.43. The first-order valence-electron chi connectivity index (χ1n) is 45.6. The van der Waals surface area contributed by atoms with Gasteiger partial charge in [0, 0.05) is 194 Å². The van der Waals surface area contributed by atoms with E-state index >= 15 is 0 Å². The Kier molecular flexibility index (Phi) is 92.7. The molecule has 0 aliphatic heterocycles. The van der Waals surface area contributed by atoms with Gasteiger partial charge in [0.15, 0.2) is 0 Å². The summed E-state index contributed by atoms with van der Waals surface area (Å²) >= 11 is 6.06. The SMILES string of the molecule is CC(C)CCCN(CCCC(=O)OCC(O)CCSCCC(=O)OCC(C)(C)COC(=O)CCSCCC(O)COC(=O)NCCN(CCNC(C)C)C(C)C)C(C)C.CC(C)CCCN(CCCC(=O)OCC(O)CCSCCC(=O)OCCCOC(=O)CCSCCC(O)COC(=O)NCCN(CCNC(C)C)C(C)C)C(C)C.NCCNCCN.P.[U]. The summed E-state index contributed by atoms with van der Waals surface area (Å²) in [5.41, 5.74) is 9.78. The minimum atomic E-state index is -0.793. The van der Waals surface area contributed by atoms with Crippen LogP contribution in [-0.2, 0) is 66.7 Å². The molecule has 0 bridgehead atoms. The Hall–Kier alpha value is -2.28. The first kappa shape index (κ1) is 131. The third kappa shape index (κ3) is 92.0. The van der Waals surface area contributed by atoms with Crippen molar-refractivity contribution >= 4 is 105 Å². The van der Waals surface area contributed by atoms with Gasteiger partial charge >= 0.3 is 48.0 Å². The minimum Gasteiger partial charge on any atom is -0.466 e. The molecule has 0 heterocycles. The molecule has 0 rings (SSSR count). The Morgan fingerprint density at radius 1 is 0.336 bits per heavy atom. The molecule has 5 atom stereocenters. The maximum atomic E-state index is 12.3. The molecule has 0 radical (unpaired) electrons. The van der Waals surface area contributed by atoms with E-state index in [4.69, 9.17) is 49.4 Å². The zero-order valence-electron chi connectivity index (χ0n) is 80.7. The van der Waals surface area contributed by atoms with Gasteiger partial charge in [0.1, 0.15) is 26.4 Å². The van der Waals surface area contributed by atoms with E-state index in [0.29, 0.717) is 178 Å². The number of amides is 2. The molecular weight excluding hydrogens is 1930 g/mol. The molecule has 13 N–H and O–H groups in total. The predicted octanol–water partition coefficient (Wildman–Crippen LogP) is 9.42. The standard InChI is InChI=1S/C43H84N4O10S2.C41H80N4O10S2.C4H13N3.H3P.U/c1-33(2)13-11-21-46(35(5)6)22-12-14-39(50)54-29-37(48)15-25-58-27-17-40(51)56-31-43(9,10)32-57-41(52)18-28-59-26-16-38(49)30-55-42(53)45-20-24-47(36(7)8)23-19-44-34(3)4;1-32(2)12-9-20-44(34(5)6)21-10-13-38(48)54-30-36(46)14-26-56-28-16-39(49)52-24-11-25-53-40(50)17-29-57-27-15-37(47)31-55-41(51)43-19-23-45(35(7)8)22-18-42-33(3)4;5-1-3-7-4-2-6;;/h33-38,44,48-49H,11-32H2,1-10H3,(H,45,53);32-37,42,46-47H,9-31H2,1-8H3,(H,43,51);7H,1-6H2;1H3;. The van der Waals surface area contributed by atoms with Crippen molar-refractivity contribution in [3.05, 3.63) is 0 Å². The zero-order valence-corrected chi connectivity index (χ0v) is 89.5. The van der Waals surface area contributed by atoms with Crippen molar-refractivity contribution in [2.45, 2.75) is 294 Å². The molecule has 0 spiro atoms. The van der Waals surface area contributed by atoms with E-state index in [0.717, 1.165) is 91.1 Å². The van der Waals surface area contributed by atoms with Gasteiger partial charge in [0.05, 0.1) is 76.5 Å². The molecular formula is C88H180N11O20PS4U. The molecule has 5 unspecified atom stereocenters. The van der Waals surface area contributed by atoms with Crippen molar-refractivity contribution in [3.63, 3.8) is 0 Å². The number of nitrogens with one attached hydrogen (secondary N) is 5. The van der Waals surface area contributed by atoms with Gasteiger partial charge in [-0.25, -0.2) is 9.59 Å². The molecule has 31 nitrogen and oxygen atoms in total. The Balaban J connectivity index is -0.000000701. The summed E-state index contributed by atoms with van der Waals surface area (Å²) in [7, 11) is 0. The van der Waals surface area contributed by atoms with Gasteiger partial charge in [-0.1, -0.05) is 69.2 Å². The average molecular weight is 2110 g/mol. The van der Waals surface area contributed by atoms with Crippen molar-refractivity contribution in [3.8, 4) is 0 Å². The van der Waals surface area contributed by atoms with Crippen molar-refractivity contribution in [1.29, 1.82) is 0 Å². The van der Waals surface area contributed by atoms with Crippen molar-refractivity contribution in [2.75, 3.05) is 204 Å². The maximum Gasteiger partial charge on any atom is 0.407 e. The van der Waals surface area contributed by atoms with E-state index in [9.17, 15) is 58.8 Å². The second-order valence-electron chi connectivity index (χ2n) is 34.3. The molecule has 0 saturated heterocycles. The zero-order chi connectivity index (χ0) is 93.0. The number of nitrogens with zero attached hydrogens (tertiary/aromatic N) is 4. The van der Waals surface area contributed by atoms with Gasteiger partial charge in [-0.2, -0.15) is 56.9 Å². The van der Waals surface area contributed by atoms with Gasteiger partial charge in [0.25, 0.3) is 0 Å². The molecule has 0 aromatic rings. The van der Waals surface area contributed by atoms with Crippen LogP contribution in [0.5, 0.6) is 0 Å². The van der Waals surface area contributed by atoms with E-state index < -0.39 is 42.0 Å². The van der Waals surface area contributed by atoms with Gasteiger partial charge in [-0.3, -0.25) is 38.6 Å². The summed E-state index contributed by atoms with van der Waals surface area (Å²) in [6.45, 7) is 51.3. The number of esters is 6. The fraction of sp³-hybridized carbons (Fsp3) is 0.909. The summed E-state index contributed by atoms with van der Waals surface area (Å²) in [4.78, 5) is 106. The van der Waals surface area contributed by atoms with Crippen LogP contribution < -0.4 is 38.1 Å². The van der Waals surface area contributed by atoms with E-state index in [2.05, 4.69) is 157 Å². The third-order valence-electron chi connectivity index (χ3n) is 18.8.